The van der Waals surface area contributed by atoms with Gasteiger partial charge in [-0.15, -0.1) is 0 Å². The summed E-state index contributed by atoms with van der Waals surface area (Å²) in [6.07, 6.45) is -3.43. The summed E-state index contributed by atoms with van der Waals surface area (Å²) < 4.78 is 38.9. The van der Waals surface area contributed by atoms with Crippen molar-refractivity contribution in [2.45, 2.75) is 45.3 Å². The van der Waals surface area contributed by atoms with Gasteiger partial charge in [0.1, 0.15) is 5.82 Å². The lowest BCUT2D eigenvalue weighted by atomic mass is 9.80. The number of piperazine rings is 1. The number of hydrogen-bond donors (Lipinski definition) is 1. The van der Waals surface area contributed by atoms with Gasteiger partial charge < -0.3 is 10.2 Å². The molecule has 1 aliphatic carbocycles. The van der Waals surface area contributed by atoms with Crippen molar-refractivity contribution >= 4 is 17.6 Å². The van der Waals surface area contributed by atoms with Crippen molar-refractivity contribution in [3.8, 4) is 0 Å². The van der Waals surface area contributed by atoms with E-state index in [0.717, 1.165) is 18.8 Å². The Hall–Kier alpha value is -2.16. The molecule has 3 rings (SSSR count). The van der Waals surface area contributed by atoms with E-state index in [1.54, 1.807) is 24.0 Å². The standard InChI is InChI=1S/C20H27F3N4O2/c1-14(28)27-10-8-26(9-11-27)13-17-6-3-7-18(24-17)25-19(29)15-4-2-5-16(12-15)20(21,22)23/h3,6-7,15-16H,2,4-5,8-13H2,1H3,(H,24,25,29)/t15-,16+/m1/s1. The highest BCUT2D eigenvalue weighted by Gasteiger charge is 2.43. The summed E-state index contributed by atoms with van der Waals surface area (Å²) in [6.45, 7) is 5.00. The molecule has 160 valence electrons. The topological polar surface area (TPSA) is 65.5 Å². The molecule has 0 bridgehead atoms. The summed E-state index contributed by atoms with van der Waals surface area (Å²) in [5.41, 5.74) is 0.774. The molecule has 1 saturated heterocycles. The SMILES string of the molecule is CC(=O)N1CCN(Cc2cccc(NC(=O)[C@@H]3CCC[C@H](C(F)(F)F)C3)n2)CC1. The van der Waals surface area contributed by atoms with Crippen LogP contribution in [-0.2, 0) is 16.1 Å². The zero-order chi connectivity index (χ0) is 21.0. The van der Waals surface area contributed by atoms with E-state index in [-0.39, 0.29) is 18.7 Å². The Morgan fingerprint density at radius 3 is 2.55 bits per heavy atom. The fourth-order valence-corrected chi connectivity index (χ4v) is 4.04. The molecule has 2 atom stereocenters. The minimum absolute atomic E-state index is 0.0722. The van der Waals surface area contributed by atoms with E-state index < -0.39 is 23.9 Å². The number of rotatable bonds is 4. The number of pyridine rings is 1. The molecule has 0 radical (unpaired) electrons. The van der Waals surface area contributed by atoms with Crippen molar-refractivity contribution < 1.29 is 22.8 Å². The predicted molar refractivity (Wildman–Crippen MR) is 102 cm³/mol. The molecule has 2 amide bonds. The molecule has 6 nitrogen and oxygen atoms in total. The quantitative estimate of drug-likeness (QED) is 0.826. The van der Waals surface area contributed by atoms with Gasteiger partial charge in [0.15, 0.2) is 0 Å². The summed E-state index contributed by atoms with van der Waals surface area (Å²) in [6, 6.07) is 5.29. The lowest BCUT2D eigenvalue weighted by Crippen LogP contribution is -2.47. The molecule has 2 fully saturated rings. The molecule has 1 aromatic rings. The van der Waals surface area contributed by atoms with E-state index in [1.807, 2.05) is 6.07 Å². The van der Waals surface area contributed by atoms with E-state index in [1.165, 1.54) is 0 Å². The summed E-state index contributed by atoms with van der Waals surface area (Å²) in [4.78, 5) is 32.3. The van der Waals surface area contributed by atoms with Crippen molar-refractivity contribution in [1.29, 1.82) is 0 Å². The average Bonchev–Trinajstić information content (AvgIpc) is 2.68. The molecule has 2 heterocycles. The molecule has 0 unspecified atom stereocenters. The Morgan fingerprint density at radius 2 is 1.90 bits per heavy atom. The maximum absolute atomic E-state index is 13.0. The van der Waals surface area contributed by atoms with Crippen molar-refractivity contribution in [2.24, 2.45) is 11.8 Å². The smallest absolute Gasteiger partial charge is 0.340 e. The van der Waals surface area contributed by atoms with Crippen molar-refractivity contribution in [2.75, 3.05) is 31.5 Å². The molecule has 9 heteroatoms. The van der Waals surface area contributed by atoms with Gasteiger partial charge in [-0.3, -0.25) is 14.5 Å². The zero-order valence-corrected chi connectivity index (χ0v) is 16.5. The van der Waals surface area contributed by atoms with E-state index in [4.69, 9.17) is 0 Å². The minimum Gasteiger partial charge on any atom is -0.340 e. The summed E-state index contributed by atoms with van der Waals surface area (Å²) in [7, 11) is 0. The Kier molecular flexibility index (Phi) is 6.77. The molecular formula is C20H27F3N4O2. The molecule has 29 heavy (non-hydrogen) atoms. The van der Waals surface area contributed by atoms with Gasteiger partial charge in [0.05, 0.1) is 11.6 Å². The van der Waals surface area contributed by atoms with Crippen LogP contribution in [0.2, 0.25) is 0 Å². The molecule has 1 aliphatic heterocycles. The average molecular weight is 412 g/mol. The van der Waals surface area contributed by atoms with Gasteiger partial charge in [0, 0.05) is 45.6 Å². The van der Waals surface area contributed by atoms with Crippen LogP contribution in [0.1, 0.15) is 38.3 Å². The first kappa shape index (κ1) is 21.5. The van der Waals surface area contributed by atoms with Crippen molar-refractivity contribution in [3.63, 3.8) is 0 Å². The number of anilines is 1. The van der Waals surface area contributed by atoms with Gasteiger partial charge >= 0.3 is 6.18 Å². The van der Waals surface area contributed by atoms with E-state index >= 15 is 0 Å². The summed E-state index contributed by atoms with van der Waals surface area (Å²) in [5, 5.41) is 2.69. The first-order valence-electron chi connectivity index (χ1n) is 10.0. The molecule has 2 aliphatic rings. The fraction of sp³-hybridized carbons (Fsp3) is 0.650. The second kappa shape index (κ2) is 9.11. The Balaban J connectivity index is 1.54. The van der Waals surface area contributed by atoms with E-state index in [2.05, 4.69) is 15.2 Å². The number of amides is 2. The maximum atomic E-state index is 13.0. The normalized spacial score (nSPS) is 23.7. The Morgan fingerprint density at radius 1 is 1.17 bits per heavy atom. The number of hydrogen-bond acceptors (Lipinski definition) is 4. The Labute approximate surface area is 168 Å². The molecule has 1 saturated carbocycles. The van der Waals surface area contributed by atoms with Crippen LogP contribution >= 0.6 is 0 Å². The lowest BCUT2D eigenvalue weighted by Gasteiger charge is -2.34. The number of nitrogens with one attached hydrogen (secondary N) is 1. The third-order valence-corrected chi connectivity index (χ3v) is 5.77. The fourth-order valence-electron chi connectivity index (χ4n) is 4.04. The minimum atomic E-state index is -4.25. The third kappa shape index (κ3) is 5.91. The summed E-state index contributed by atoms with van der Waals surface area (Å²) in [5.74, 6) is -1.99. The van der Waals surface area contributed by atoms with Gasteiger partial charge in [-0.05, 0) is 31.4 Å². The predicted octanol–water partition coefficient (Wildman–Crippen LogP) is 3.05. The summed E-state index contributed by atoms with van der Waals surface area (Å²) >= 11 is 0. The first-order chi connectivity index (χ1) is 13.7. The highest BCUT2D eigenvalue weighted by molar-refractivity contribution is 5.91. The van der Waals surface area contributed by atoms with Crippen LogP contribution in [0.3, 0.4) is 0 Å². The number of nitrogens with zero attached hydrogens (tertiary/aromatic N) is 3. The van der Waals surface area contributed by atoms with E-state index in [0.29, 0.717) is 38.3 Å². The molecule has 1 aromatic heterocycles. The number of carbonyl (C=O) groups excluding carboxylic acids is 2. The van der Waals surface area contributed by atoms with Crippen LogP contribution in [0.4, 0.5) is 19.0 Å². The molecule has 0 spiro atoms. The number of alkyl halides is 3. The zero-order valence-electron chi connectivity index (χ0n) is 16.5. The van der Waals surface area contributed by atoms with Crippen LogP contribution < -0.4 is 5.32 Å². The number of halogens is 3. The van der Waals surface area contributed by atoms with Gasteiger partial charge in [-0.25, -0.2) is 4.98 Å². The molecule has 1 N–H and O–H groups in total. The van der Waals surface area contributed by atoms with Crippen LogP contribution in [0.5, 0.6) is 0 Å². The first-order valence-corrected chi connectivity index (χ1v) is 10.0. The highest BCUT2D eigenvalue weighted by atomic mass is 19.4. The van der Waals surface area contributed by atoms with Gasteiger partial charge in [-0.2, -0.15) is 13.2 Å². The lowest BCUT2D eigenvalue weighted by molar-refractivity contribution is -0.185. The van der Waals surface area contributed by atoms with Crippen molar-refractivity contribution in [3.05, 3.63) is 23.9 Å². The molecular weight excluding hydrogens is 385 g/mol. The molecule has 0 aromatic carbocycles. The van der Waals surface area contributed by atoms with E-state index in [9.17, 15) is 22.8 Å². The van der Waals surface area contributed by atoms with Crippen LogP contribution in [-0.4, -0.2) is 59.0 Å². The number of aromatic nitrogens is 1. The van der Waals surface area contributed by atoms with Gasteiger partial charge in [0.25, 0.3) is 0 Å². The third-order valence-electron chi connectivity index (χ3n) is 5.77. The van der Waals surface area contributed by atoms with Gasteiger partial charge in [0.2, 0.25) is 11.8 Å². The second-order valence-corrected chi connectivity index (χ2v) is 7.89. The largest absolute Gasteiger partial charge is 0.391 e. The van der Waals surface area contributed by atoms with Crippen LogP contribution in [0.25, 0.3) is 0 Å². The second-order valence-electron chi connectivity index (χ2n) is 7.89. The van der Waals surface area contributed by atoms with Crippen molar-refractivity contribution in [1.82, 2.24) is 14.8 Å². The van der Waals surface area contributed by atoms with Gasteiger partial charge in [-0.1, -0.05) is 12.5 Å². The van der Waals surface area contributed by atoms with Crippen LogP contribution in [0, 0.1) is 11.8 Å². The highest BCUT2D eigenvalue weighted by Crippen LogP contribution is 2.40. The number of carbonyl (C=O) groups is 2. The van der Waals surface area contributed by atoms with Crippen LogP contribution in [0.15, 0.2) is 18.2 Å². The monoisotopic (exact) mass is 412 g/mol. The maximum Gasteiger partial charge on any atom is 0.391 e. The Bertz CT molecular complexity index is 733.